The lowest BCUT2D eigenvalue weighted by molar-refractivity contribution is 1.18. The Balaban J connectivity index is 1.13. The van der Waals surface area contributed by atoms with Gasteiger partial charge in [-0.2, -0.15) is 0 Å². The molecule has 0 atom stereocenters. The first-order valence-electron chi connectivity index (χ1n) is 17.3. The molecular formula is C49H33N. The van der Waals surface area contributed by atoms with E-state index >= 15 is 0 Å². The molecule has 1 heteroatoms. The minimum atomic E-state index is 1.16. The van der Waals surface area contributed by atoms with Gasteiger partial charge in [0.2, 0.25) is 0 Å². The predicted octanol–water partition coefficient (Wildman–Crippen LogP) is 13.6. The number of fused-ring (bicyclic) bond motifs is 6. The van der Waals surface area contributed by atoms with Crippen molar-refractivity contribution < 1.29 is 0 Å². The van der Waals surface area contributed by atoms with Crippen molar-refractivity contribution in [2.45, 2.75) is 6.92 Å². The third-order valence-electron chi connectivity index (χ3n) is 10.4. The number of rotatable bonds is 4. The van der Waals surface area contributed by atoms with Gasteiger partial charge >= 0.3 is 0 Å². The second kappa shape index (κ2) is 11.3. The summed E-state index contributed by atoms with van der Waals surface area (Å²) in [5.41, 5.74) is 12.4. The molecule has 0 aliphatic heterocycles. The van der Waals surface area contributed by atoms with Crippen LogP contribution >= 0.6 is 0 Å². The van der Waals surface area contributed by atoms with E-state index in [0.29, 0.717) is 0 Å². The highest BCUT2D eigenvalue weighted by molar-refractivity contribution is 6.21. The van der Waals surface area contributed by atoms with E-state index < -0.39 is 0 Å². The van der Waals surface area contributed by atoms with E-state index in [1.54, 1.807) is 0 Å². The van der Waals surface area contributed by atoms with Crippen LogP contribution in [0.5, 0.6) is 0 Å². The molecule has 0 aliphatic rings. The van der Waals surface area contributed by atoms with Crippen LogP contribution in [-0.2, 0) is 0 Å². The molecule has 1 nitrogen and oxygen atoms in total. The summed E-state index contributed by atoms with van der Waals surface area (Å²) in [7, 11) is 0. The van der Waals surface area contributed by atoms with Crippen molar-refractivity contribution in [1.82, 2.24) is 4.57 Å². The molecule has 0 unspecified atom stereocenters. The van der Waals surface area contributed by atoms with Gasteiger partial charge in [-0.15, -0.1) is 0 Å². The smallest absolute Gasteiger partial charge is 0.0541 e. The Morgan fingerprint density at radius 3 is 1.42 bits per heavy atom. The SMILES string of the molecule is Cc1ccc(-c2c3ccccc3c(-c3ccc(-n4c5ccccc5c5cc(-c6ccc7ccccc7c6)ccc54)cc3)c3ccccc23)cc1. The minimum absolute atomic E-state index is 1.16. The van der Waals surface area contributed by atoms with Crippen LogP contribution in [0.1, 0.15) is 5.56 Å². The largest absolute Gasteiger partial charge is 0.309 e. The standard InChI is InChI=1S/C49H33N/c1-32-18-20-34(21-19-32)48-41-13-4-6-15-43(41)49(44-16-7-5-14-42(44)48)35-24-27-39(28-25-35)50-46-17-9-8-12-40(46)45-31-38(26-29-47(45)50)37-23-22-33-10-2-3-11-36(33)30-37/h2-31H,1H3. The van der Waals surface area contributed by atoms with Gasteiger partial charge in [-0.3, -0.25) is 0 Å². The molecule has 10 rings (SSSR count). The van der Waals surface area contributed by atoms with Crippen LogP contribution < -0.4 is 0 Å². The van der Waals surface area contributed by atoms with Gasteiger partial charge in [0, 0.05) is 16.5 Å². The van der Waals surface area contributed by atoms with Crippen molar-refractivity contribution in [2.75, 3.05) is 0 Å². The van der Waals surface area contributed by atoms with Crippen LogP contribution in [-0.4, -0.2) is 4.57 Å². The summed E-state index contributed by atoms with van der Waals surface area (Å²) in [6, 6.07) is 66.9. The number of hydrogen-bond donors (Lipinski definition) is 0. The van der Waals surface area contributed by atoms with Gasteiger partial charge in [0.05, 0.1) is 11.0 Å². The van der Waals surface area contributed by atoms with E-state index in [9.17, 15) is 0 Å². The Hall–Kier alpha value is -6.44. The third-order valence-corrected chi connectivity index (χ3v) is 10.4. The van der Waals surface area contributed by atoms with Crippen molar-refractivity contribution in [1.29, 1.82) is 0 Å². The molecule has 1 aromatic heterocycles. The summed E-state index contributed by atoms with van der Waals surface area (Å²) < 4.78 is 2.41. The van der Waals surface area contributed by atoms with Gasteiger partial charge in [0.25, 0.3) is 0 Å². The molecule has 0 fully saturated rings. The molecule has 0 bridgehead atoms. The van der Waals surface area contributed by atoms with Gasteiger partial charge in [0.1, 0.15) is 0 Å². The average molecular weight is 636 g/mol. The number of aryl methyl sites for hydroxylation is 1. The first-order chi connectivity index (χ1) is 24.7. The molecule has 0 radical (unpaired) electrons. The molecule has 0 N–H and O–H groups in total. The first-order valence-corrected chi connectivity index (χ1v) is 17.3. The van der Waals surface area contributed by atoms with Crippen LogP contribution in [0.3, 0.4) is 0 Å². The second-order valence-corrected chi connectivity index (χ2v) is 13.4. The Bertz CT molecular complexity index is 2850. The maximum Gasteiger partial charge on any atom is 0.0541 e. The molecule has 0 aliphatic carbocycles. The Labute approximate surface area is 291 Å². The Morgan fingerprint density at radius 1 is 0.320 bits per heavy atom. The fourth-order valence-corrected chi connectivity index (χ4v) is 8.05. The van der Waals surface area contributed by atoms with E-state index in [4.69, 9.17) is 0 Å². The fourth-order valence-electron chi connectivity index (χ4n) is 8.05. The van der Waals surface area contributed by atoms with Gasteiger partial charge in [0.15, 0.2) is 0 Å². The Morgan fingerprint density at radius 2 is 0.780 bits per heavy atom. The van der Waals surface area contributed by atoms with Crippen molar-refractivity contribution >= 4 is 54.1 Å². The maximum absolute atomic E-state index is 2.41. The lowest BCUT2D eigenvalue weighted by atomic mass is 9.86. The molecule has 0 saturated carbocycles. The van der Waals surface area contributed by atoms with Gasteiger partial charge < -0.3 is 4.57 Å². The molecular weight excluding hydrogens is 603 g/mol. The maximum atomic E-state index is 2.41. The normalized spacial score (nSPS) is 11.7. The Kier molecular flexibility index (Phi) is 6.47. The molecule has 0 saturated heterocycles. The zero-order valence-corrected chi connectivity index (χ0v) is 27.8. The summed E-state index contributed by atoms with van der Waals surface area (Å²) >= 11 is 0. The zero-order chi connectivity index (χ0) is 33.2. The molecule has 0 spiro atoms. The lowest BCUT2D eigenvalue weighted by Crippen LogP contribution is -1.94. The van der Waals surface area contributed by atoms with Crippen molar-refractivity contribution in [2.24, 2.45) is 0 Å². The number of nitrogens with zero attached hydrogens (tertiary/aromatic N) is 1. The van der Waals surface area contributed by atoms with Crippen LogP contribution in [0, 0.1) is 6.92 Å². The molecule has 9 aromatic carbocycles. The van der Waals surface area contributed by atoms with E-state index in [1.165, 1.54) is 93.1 Å². The van der Waals surface area contributed by atoms with Crippen LogP contribution in [0.2, 0.25) is 0 Å². The summed E-state index contributed by atoms with van der Waals surface area (Å²) in [4.78, 5) is 0. The predicted molar refractivity (Wildman–Crippen MR) is 214 cm³/mol. The molecule has 50 heavy (non-hydrogen) atoms. The summed E-state index contributed by atoms with van der Waals surface area (Å²) in [6.07, 6.45) is 0. The fraction of sp³-hybridized carbons (Fsp3) is 0.0204. The van der Waals surface area contributed by atoms with Crippen molar-refractivity contribution in [3.63, 3.8) is 0 Å². The van der Waals surface area contributed by atoms with E-state index in [0.717, 1.165) is 5.69 Å². The van der Waals surface area contributed by atoms with E-state index in [1.807, 2.05) is 0 Å². The first kappa shape index (κ1) is 28.6. The van der Waals surface area contributed by atoms with Crippen LogP contribution in [0.15, 0.2) is 182 Å². The van der Waals surface area contributed by atoms with Crippen LogP contribution in [0.25, 0.3) is 93.2 Å². The van der Waals surface area contributed by atoms with Gasteiger partial charge in [-0.1, -0.05) is 151 Å². The molecule has 234 valence electrons. The number of para-hydroxylation sites is 1. The van der Waals surface area contributed by atoms with Crippen LogP contribution in [0.4, 0.5) is 0 Å². The molecule has 0 amide bonds. The molecule has 10 aromatic rings. The lowest BCUT2D eigenvalue weighted by Gasteiger charge is -2.18. The number of benzene rings is 9. The van der Waals surface area contributed by atoms with E-state index in [2.05, 4.69) is 193 Å². The zero-order valence-electron chi connectivity index (χ0n) is 27.8. The molecule has 1 heterocycles. The topological polar surface area (TPSA) is 4.93 Å². The highest BCUT2D eigenvalue weighted by atomic mass is 15.0. The van der Waals surface area contributed by atoms with Crippen molar-refractivity contribution in [3.8, 4) is 39.1 Å². The highest BCUT2D eigenvalue weighted by Gasteiger charge is 2.18. The second-order valence-electron chi connectivity index (χ2n) is 13.4. The summed E-state index contributed by atoms with van der Waals surface area (Å²) in [6.45, 7) is 2.15. The minimum Gasteiger partial charge on any atom is -0.309 e. The monoisotopic (exact) mass is 635 g/mol. The summed E-state index contributed by atoms with van der Waals surface area (Å²) in [5.74, 6) is 0. The quantitative estimate of drug-likeness (QED) is 0.170. The number of aromatic nitrogens is 1. The van der Waals surface area contributed by atoms with Gasteiger partial charge in [-0.25, -0.2) is 0 Å². The van der Waals surface area contributed by atoms with Gasteiger partial charge in [-0.05, 0) is 109 Å². The highest BCUT2D eigenvalue weighted by Crippen LogP contribution is 2.44. The summed E-state index contributed by atoms with van der Waals surface area (Å²) in [5, 5.41) is 10.1. The number of hydrogen-bond acceptors (Lipinski definition) is 0. The van der Waals surface area contributed by atoms with Crippen molar-refractivity contribution in [3.05, 3.63) is 188 Å². The van der Waals surface area contributed by atoms with E-state index in [-0.39, 0.29) is 0 Å². The third kappa shape index (κ3) is 4.48. The average Bonchev–Trinajstić information content (AvgIpc) is 3.51.